The molecule has 6 nitrogen and oxygen atoms in total. The van der Waals surface area contributed by atoms with Crippen LogP contribution >= 0.6 is 0 Å². The van der Waals surface area contributed by atoms with Crippen molar-refractivity contribution in [2.75, 3.05) is 12.4 Å². The summed E-state index contributed by atoms with van der Waals surface area (Å²) in [7, 11) is 3.33. The third-order valence-corrected chi connectivity index (χ3v) is 3.57. The molecule has 0 bridgehead atoms. The lowest BCUT2D eigenvalue weighted by molar-refractivity contribution is 0.414. The quantitative estimate of drug-likeness (QED) is 0.785. The second kappa shape index (κ2) is 6.39. The molecule has 6 heteroatoms. The molecule has 1 N–H and O–H groups in total. The summed E-state index contributed by atoms with van der Waals surface area (Å²) in [6.07, 6.45) is 1.50. The average Bonchev–Trinajstić information content (AvgIpc) is 2.93. The van der Waals surface area contributed by atoms with Gasteiger partial charge in [0.2, 0.25) is 0 Å². The number of benzene rings is 2. The zero-order valence-corrected chi connectivity index (χ0v) is 13.1. The highest BCUT2D eigenvalue weighted by molar-refractivity contribution is 5.49. The van der Waals surface area contributed by atoms with Gasteiger partial charge in [0.25, 0.3) is 0 Å². The molecule has 0 aliphatic heterocycles. The first-order valence-corrected chi connectivity index (χ1v) is 7.25. The Hall–Kier alpha value is -3.02. The first-order chi connectivity index (χ1) is 11.2. The van der Waals surface area contributed by atoms with Crippen molar-refractivity contribution in [2.45, 2.75) is 6.54 Å². The Morgan fingerprint density at radius 2 is 1.96 bits per heavy atom. The van der Waals surface area contributed by atoms with Crippen molar-refractivity contribution in [2.24, 2.45) is 7.05 Å². The van der Waals surface area contributed by atoms with Crippen LogP contribution < -0.4 is 15.7 Å². The molecular formula is C17H18N4O2. The van der Waals surface area contributed by atoms with E-state index in [0.717, 1.165) is 22.7 Å². The minimum Gasteiger partial charge on any atom is -0.497 e. The van der Waals surface area contributed by atoms with Crippen molar-refractivity contribution < 1.29 is 4.74 Å². The Bertz CT molecular complexity index is 850. The SMILES string of the molecule is COc1cccc(CNc2ccc(-n3ncn(C)c3=O)cc2)c1. The van der Waals surface area contributed by atoms with Crippen molar-refractivity contribution in [3.8, 4) is 11.4 Å². The van der Waals surface area contributed by atoms with E-state index in [0.29, 0.717) is 6.54 Å². The van der Waals surface area contributed by atoms with Gasteiger partial charge in [-0.15, -0.1) is 0 Å². The van der Waals surface area contributed by atoms with Crippen molar-refractivity contribution in [3.05, 3.63) is 70.9 Å². The molecule has 0 spiro atoms. The summed E-state index contributed by atoms with van der Waals surface area (Å²) in [6, 6.07) is 15.5. The first kappa shape index (κ1) is 14.9. The van der Waals surface area contributed by atoms with Crippen LogP contribution in [0.3, 0.4) is 0 Å². The molecule has 0 unspecified atom stereocenters. The summed E-state index contributed by atoms with van der Waals surface area (Å²) in [6.45, 7) is 0.695. The highest BCUT2D eigenvalue weighted by Crippen LogP contribution is 2.16. The molecule has 23 heavy (non-hydrogen) atoms. The standard InChI is InChI=1S/C17H18N4O2/c1-20-12-19-21(17(20)22)15-8-6-14(7-9-15)18-11-13-4-3-5-16(10-13)23-2/h3-10,12,18H,11H2,1-2H3. The Labute approximate surface area is 134 Å². The van der Waals surface area contributed by atoms with Gasteiger partial charge in [0.05, 0.1) is 12.8 Å². The number of ether oxygens (including phenoxy) is 1. The monoisotopic (exact) mass is 310 g/mol. The molecule has 1 aromatic heterocycles. The number of nitrogens with zero attached hydrogens (tertiary/aromatic N) is 3. The second-order valence-corrected chi connectivity index (χ2v) is 5.19. The Morgan fingerprint density at radius 1 is 1.17 bits per heavy atom. The zero-order chi connectivity index (χ0) is 16.2. The van der Waals surface area contributed by atoms with Gasteiger partial charge in [-0.2, -0.15) is 9.78 Å². The normalized spacial score (nSPS) is 10.5. The maximum absolute atomic E-state index is 11.9. The van der Waals surface area contributed by atoms with Crippen LogP contribution in [0.4, 0.5) is 5.69 Å². The molecule has 3 rings (SSSR count). The topological polar surface area (TPSA) is 61.1 Å². The molecule has 0 amide bonds. The summed E-state index contributed by atoms with van der Waals surface area (Å²) in [4.78, 5) is 11.9. The molecule has 0 aliphatic carbocycles. The summed E-state index contributed by atoms with van der Waals surface area (Å²) in [5, 5.41) is 7.40. The van der Waals surface area contributed by atoms with Crippen LogP contribution in [0.1, 0.15) is 5.56 Å². The molecule has 118 valence electrons. The number of aryl methyl sites for hydroxylation is 1. The Morgan fingerprint density at radius 3 is 2.61 bits per heavy atom. The maximum Gasteiger partial charge on any atom is 0.350 e. The largest absolute Gasteiger partial charge is 0.497 e. The van der Waals surface area contributed by atoms with Gasteiger partial charge in [-0.25, -0.2) is 4.79 Å². The Balaban J connectivity index is 1.70. The highest BCUT2D eigenvalue weighted by atomic mass is 16.5. The van der Waals surface area contributed by atoms with Gasteiger partial charge >= 0.3 is 5.69 Å². The molecule has 0 fully saturated rings. The van der Waals surface area contributed by atoms with E-state index in [9.17, 15) is 4.79 Å². The number of anilines is 1. The predicted octanol–water partition coefficient (Wildman–Crippen LogP) is 2.19. The summed E-state index contributed by atoms with van der Waals surface area (Å²) < 4.78 is 8.02. The molecule has 1 heterocycles. The van der Waals surface area contributed by atoms with Crippen LogP contribution in [0.5, 0.6) is 5.75 Å². The maximum atomic E-state index is 11.9. The third-order valence-electron chi connectivity index (χ3n) is 3.57. The summed E-state index contributed by atoms with van der Waals surface area (Å²) in [5.74, 6) is 0.842. The summed E-state index contributed by atoms with van der Waals surface area (Å²) in [5.41, 5.74) is 2.68. The lowest BCUT2D eigenvalue weighted by Gasteiger charge is -2.08. The van der Waals surface area contributed by atoms with E-state index in [1.54, 1.807) is 14.2 Å². The van der Waals surface area contributed by atoms with Crippen molar-refractivity contribution >= 4 is 5.69 Å². The molecule has 0 atom stereocenters. The molecule has 2 aromatic carbocycles. The van der Waals surface area contributed by atoms with Gasteiger partial charge in [-0.1, -0.05) is 12.1 Å². The van der Waals surface area contributed by atoms with Crippen LogP contribution in [0.15, 0.2) is 59.7 Å². The second-order valence-electron chi connectivity index (χ2n) is 5.19. The minimum atomic E-state index is -0.165. The number of aromatic nitrogens is 3. The minimum absolute atomic E-state index is 0.165. The van der Waals surface area contributed by atoms with E-state index in [-0.39, 0.29) is 5.69 Å². The first-order valence-electron chi connectivity index (χ1n) is 7.25. The van der Waals surface area contributed by atoms with E-state index in [4.69, 9.17) is 4.74 Å². The van der Waals surface area contributed by atoms with E-state index in [1.807, 2.05) is 48.5 Å². The van der Waals surface area contributed by atoms with Crippen LogP contribution in [0.2, 0.25) is 0 Å². The highest BCUT2D eigenvalue weighted by Gasteiger charge is 2.04. The fraction of sp³-hybridized carbons (Fsp3) is 0.176. The van der Waals surface area contributed by atoms with Gasteiger partial charge in [0.1, 0.15) is 12.1 Å². The van der Waals surface area contributed by atoms with Gasteiger partial charge in [-0.3, -0.25) is 4.57 Å². The van der Waals surface area contributed by atoms with Crippen molar-refractivity contribution in [1.29, 1.82) is 0 Å². The average molecular weight is 310 g/mol. The fourth-order valence-electron chi connectivity index (χ4n) is 2.26. The van der Waals surface area contributed by atoms with Crippen molar-refractivity contribution in [1.82, 2.24) is 14.3 Å². The summed E-state index contributed by atoms with van der Waals surface area (Å²) >= 11 is 0. The van der Waals surface area contributed by atoms with Gasteiger partial charge in [0, 0.05) is 19.3 Å². The van der Waals surface area contributed by atoms with Gasteiger partial charge in [-0.05, 0) is 42.0 Å². The van der Waals surface area contributed by atoms with E-state index in [2.05, 4.69) is 10.4 Å². The fourth-order valence-corrected chi connectivity index (χ4v) is 2.26. The van der Waals surface area contributed by atoms with E-state index in [1.165, 1.54) is 15.6 Å². The van der Waals surface area contributed by atoms with Crippen LogP contribution in [-0.2, 0) is 13.6 Å². The molecule has 0 saturated carbocycles. The van der Waals surface area contributed by atoms with Crippen LogP contribution in [0.25, 0.3) is 5.69 Å². The molecule has 3 aromatic rings. The third kappa shape index (κ3) is 3.26. The van der Waals surface area contributed by atoms with Crippen molar-refractivity contribution in [3.63, 3.8) is 0 Å². The number of rotatable bonds is 5. The molecule has 0 saturated heterocycles. The lowest BCUT2D eigenvalue weighted by atomic mass is 10.2. The number of hydrogen-bond acceptors (Lipinski definition) is 4. The van der Waals surface area contributed by atoms with Gasteiger partial charge in [0.15, 0.2) is 0 Å². The van der Waals surface area contributed by atoms with Crippen LogP contribution in [-0.4, -0.2) is 21.5 Å². The van der Waals surface area contributed by atoms with Crippen LogP contribution in [0, 0.1) is 0 Å². The number of hydrogen-bond donors (Lipinski definition) is 1. The zero-order valence-electron chi connectivity index (χ0n) is 13.1. The molecule has 0 aliphatic rings. The lowest BCUT2D eigenvalue weighted by Crippen LogP contribution is -2.21. The number of methoxy groups -OCH3 is 1. The molecule has 0 radical (unpaired) electrons. The predicted molar refractivity (Wildman–Crippen MR) is 89.1 cm³/mol. The smallest absolute Gasteiger partial charge is 0.350 e. The number of nitrogens with one attached hydrogen (secondary N) is 1. The Kier molecular flexibility index (Phi) is 4.14. The van der Waals surface area contributed by atoms with Gasteiger partial charge < -0.3 is 10.1 Å². The van der Waals surface area contributed by atoms with E-state index < -0.39 is 0 Å². The molecular weight excluding hydrogens is 292 g/mol. The van der Waals surface area contributed by atoms with E-state index >= 15 is 0 Å².